The van der Waals surface area contributed by atoms with Crippen molar-refractivity contribution >= 4 is 0 Å². The molecule has 0 aliphatic carbocycles. The van der Waals surface area contributed by atoms with Crippen LogP contribution in [-0.2, 0) is 0 Å². The van der Waals surface area contributed by atoms with Gasteiger partial charge < -0.3 is 4.74 Å². The van der Waals surface area contributed by atoms with Gasteiger partial charge >= 0.3 is 0 Å². The number of rotatable bonds is 2. The third-order valence-corrected chi connectivity index (χ3v) is 1.39. The number of ether oxygens (including phenoxy) is 1. The summed E-state index contributed by atoms with van der Waals surface area (Å²) in [5.74, 6) is 0.726. The molecule has 0 aliphatic heterocycles. The molecule has 2 heteroatoms. The third kappa shape index (κ3) is 2.28. The van der Waals surface area contributed by atoms with Crippen LogP contribution < -0.4 is 4.74 Å². The van der Waals surface area contributed by atoms with E-state index in [0.717, 1.165) is 5.75 Å². The fraction of sp³-hybridized carbons (Fsp3) is 0.300. The maximum absolute atomic E-state index is 8.68. The van der Waals surface area contributed by atoms with Crippen molar-refractivity contribution in [1.29, 1.82) is 5.26 Å². The minimum absolute atomic E-state index is 0.726. The second-order valence-electron chi connectivity index (χ2n) is 3.04. The molecule has 0 unspecified atom stereocenters. The van der Waals surface area contributed by atoms with E-state index in [2.05, 4.69) is 6.07 Å². The van der Waals surface area contributed by atoms with E-state index in [9.17, 15) is 0 Å². The fourth-order valence-electron chi connectivity index (χ4n) is 0.806. The minimum Gasteiger partial charge on any atom is -0.473 e. The summed E-state index contributed by atoms with van der Waals surface area (Å²) in [6.45, 7) is 3.47. The molecule has 0 spiro atoms. The van der Waals surface area contributed by atoms with E-state index in [4.69, 9.17) is 10.00 Å². The Morgan fingerprint density at radius 2 is 1.83 bits per heavy atom. The van der Waals surface area contributed by atoms with Crippen molar-refractivity contribution < 1.29 is 4.74 Å². The van der Waals surface area contributed by atoms with Gasteiger partial charge in [-0.25, -0.2) is 0 Å². The Kier molecular flexibility index (Phi) is 2.35. The maximum Gasteiger partial charge on any atom is 0.188 e. The van der Waals surface area contributed by atoms with Gasteiger partial charge in [0.25, 0.3) is 0 Å². The van der Waals surface area contributed by atoms with E-state index >= 15 is 0 Å². The fourth-order valence-corrected chi connectivity index (χ4v) is 0.806. The molecule has 0 aromatic heterocycles. The normalized spacial score (nSPS) is 10.4. The second-order valence-corrected chi connectivity index (χ2v) is 3.04. The van der Waals surface area contributed by atoms with Crippen LogP contribution >= 0.6 is 0 Å². The van der Waals surface area contributed by atoms with Crippen molar-refractivity contribution in [3.63, 3.8) is 0 Å². The van der Waals surface area contributed by atoms with Crippen molar-refractivity contribution in [2.75, 3.05) is 0 Å². The zero-order chi connectivity index (χ0) is 9.03. The molecule has 0 heterocycles. The van der Waals surface area contributed by atoms with Gasteiger partial charge in [-0.3, -0.25) is 0 Å². The van der Waals surface area contributed by atoms with Crippen molar-refractivity contribution in [3.8, 4) is 11.8 Å². The Hall–Kier alpha value is -1.49. The number of hydrogen-bond acceptors (Lipinski definition) is 2. The van der Waals surface area contributed by atoms with Crippen LogP contribution in [0.25, 0.3) is 0 Å². The van der Waals surface area contributed by atoms with Crippen molar-refractivity contribution in [2.45, 2.75) is 19.4 Å². The van der Waals surface area contributed by atoms with Gasteiger partial charge in [0, 0.05) is 0 Å². The zero-order valence-electron chi connectivity index (χ0n) is 7.24. The van der Waals surface area contributed by atoms with Gasteiger partial charge in [-0.1, -0.05) is 18.2 Å². The highest BCUT2D eigenvalue weighted by atomic mass is 16.5. The summed E-state index contributed by atoms with van der Waals surface area (Å²) < 4.78 is 5.39. The van der Waals surface area contributed by atoms with E-state index in [1.165, 1.54) is 0 Å². The first-order valence-corrected chi connectivity index (χ1v) is 3.79. The molecule has 0 radical (unpaired) electrons. The molecule has 0 N–H and O–H groups in total. The van der Waals surface area contributed by atoms with Gasteiger partial charge in [-0.2, -0.15) is 5.26 Å². The molecular formula is C10H11NO. The van der Waals surface area contributed by atoms with E-state index in [-0.39, 0.29) is 0 Å². The van der Waals surface area contributed by atoms with Gasteiger partial charge in [0.05, 0.1) is 0 Å². The summed E-state index contributed by atoms with van der Waals surface area (Å²) in [5, 5.41) is 8.68. The molecule has 2 nitrogen and oxygen atoms in total. The molecule has 0 bridgehead atoms. The van der Waals surface area contributed by atoms with Crippen LogP contribution in [0.2, 0.25) is 0 Å². The van der Waals surface area contributed by atoms with Gasteiger partial charge in [0.15, 0.2) is 5.60 Å². The van der Waals surface area contributed by atoms with Crippen molar-refractivity contribution in [2.24, 2.45) is 0 Å². The molecule has 0 fully saturated rings. The minimum atomic E-state index is -0.749. The summed E-state index contributed by atoms with van der Waals surface area (Å²) in [6.07, 6.45) is 0. The third-order valence-electron chi connectivity index (χ3n) is 1.39. The summed E-state index contributed by atoms with van der Waals surface area (Å²) in [7, 11) is 0. The van der Waals surface area contributed by atoms with Crippen LogP contribution in [0.3, 0.4) is 0 Å². The first-order chi connectivity index (χ1) is 5.64. The first kappa shape index (κ1) is 8.61. The summed E-state index contributed by atoms with van der Waals surface area (Å²) in [4.78, 5) is 0. The lowest BCUT2D eigenvalue weighted by Gasteiger charge is -2.17. The monoisotopic (exact) mass is 161 g/mol. The lowest BCUT2D eigenvalue weighted by Crippen LogP contribution is -2.25. The Morgan fingerprint density at radius 3 is 2.33 bits per heavy atom. The Labute approximate surface area is 72.4 Å². The largest absolute Gasteiger partial charge is 0.473 e. The van der Waals surface area contributed by atoms with Gasteiger partial charge in [-0.05, 0) is 26.0 Å². The van der Waals surface area contributed by atoms with Crippen molar-refractivity contribution in [1.82, 2.24) is 0 Å². The molecule has 0 aliphatic rings. The molecule has 0 saturated heterocycles. The predicted octanol–water partition coefficient (Wildman–Crippen LogP) is 2.37. The predicted molar refractivity (Wildman–Crippen MR) is 46.8 cm³/mol. The highest BCUT2D eigenvalue weighted by Crippen LogP contribution is 2.16. The summed E-state index contributed by atoms with van der Waals surface area (Å²) in [5.41, 5.74) is -0.749. The first-order valence-electron chi connectivity index (χ1n) is 3.79. The standard InChI is InChI=1S/C10H11NO/c1-10(2,8-11)12-9-6-4-3-5-7-9/h3-7H,1-2H3. The average molecular weight is 161 g/mol. The number of hydrogen-bond donors (Lipinski definition) is 0. The average Bonchev–Trinajstić information content (AvgIpc) is 2.06. The molecule has 0 atom stereocenters. The number of nitrogens with zero attached hydrogens (tertiary/aromatic N) is 1. The van der Waals surface area contributed by atoms with Gasteiger partial charge in [0.2, 0.25) is 0 Å². The van der Waals surface area contributed by atoms with Gasteiger partial charge in [0.1, 0.15) is 11.8 Å². The van der Waals surface area contributed by atoms with E-state index in [1.54, 1.807) is 13.8 Å². The topological polar surface area (TPSA) is 33.0 Å². The van der Waals surface area contributed by atoms with Crippen molar-refractivity contribution in [3.05, 3.63) is 30.3 Å². The SMILES string of the molecule is CC(C)(C#N)Oc1ccccc1. The Balaban J connectivity index is 2.72. The Bertz CT molecular complexity index is 284. The van der Waals surface area contributed by atoms with Gasteiger partial charge in [-0.15, -0.1) is 0 Å². The van der Waals surface area contributed by atoms with Crippen LogP contribution in [0.15, 0.2) is 30.3 Å². The molecule has 1 aromatic carbocycles. The number of benzene rings is 1. The second kappa shape index (κ2) is 3.27. The summed E-state index contributed by atoms with van der Waals surface area (Å²) in [6, 6.07) is 11.4. The van der Waals surface area contributed by atoms with Crippen LogP contribution in [0.5, 0.6) is 5.75 Å². The van der Waals surface area contributed by atoms with E-state index in [1.807, 2.05) is 30.3 Å². The number of nitriles is 1. The smallest absolute Gasteiger partial charge is 0.188 e. The maximum atomic E-state index is 8.68. The molecular weight excluding hydrogens is 150 g/mol. The molecule has 0 amide bonds. The lowest BCUT2D eigenvalue weighted by atomic mass is 10.2. The zero-order valence-corrected chi connectivity index (χ0v) is 7.24. The molecule has 62 valence electrons. The molecule has 0 saturated carbocycles. The lowest BCUT2D eigenvalue weighted by molar-refractivity contribution is 0.170. The highest BCUT2D eigenvalue weighted by molar-refractivity contribution is 5.23. The summed E-state index contributed by atoms with van der Waals surface area (Å²) >= 11 is 0. The number of para-hydroxylation sites is 1. The van der Waals surface area contributed by atoms with Crippen LogP contribution in [0, 0.1) is 11.3 Å². The Morgan fingerprint density at radius 1 is 1.25 bits per heavy atom. The van der Waals surface area contributed by atoms with E-state index < -0.39 is 5.60 Å². The highest BCUT2D eigenvalue weighted by Gasteiger charge is 2.17. The van der Waals surface area contributed by atoms with Crippen LogP contribution in [0.1, 0.15) is 13.8 Å². The molecule has 1 rings (SSSR count). The molecule has 12 heavy (non-hydrogen) atoms. The van der Waals surface area contributed by atoms with Crippen LogP contribution in [-0.4, -0.2) is 5.60 Å². The quantitative estimate of drug-likeness (QED) is 0.667. The van der Waals surface area contributed by atoms with E-state index in [0.29, 0.717) is 0 Å². The van der Waals surface area contributed by atoms with Crippen LogP contribution in [0.4, 0.5) is 0 Å². The molecule has 1 aromatic rings.